The Labute approximate surface area is 80.2 Å². The summed E-state index contributed by atoms with van der Waals surface area (Å²) >= 11 is 11.6. The summed E-state index contributed by atoms with van der Waals surface area (Å²) in [5, 5.41) is 3.00. The molecule has 2 amide bonds. The maximum Gasteiger partial charge on any atom is 0.313 e. The number of carbonyl (C=O) groups excluding carboxylic acids is 1. The van der Waals surface area contributed by atoms with Crippen molar-refractivity contribution in [2.75, 3.05) is 0 Å². The molecule has 1 aliphatic carbocycles. The Hall–Kier alpha value is -0.670. The topological polar surface area (TPSA) is 55.1 Å². The molecule has 0 aromatic heterocycles. The fraction of sp³-hybridized carbons (Fsp3) is 0.286. The predicted molar refractivity (Wildman–Crippen MR) is 49.0 cm³/mol. The van der Waals surface area contributed by atoms with E-state index in [1.165, 1.54) is 0 Å². The van der Waals surface area contributed by atoms with E-state index in [1.807, 2.05) is 0 Å². The average Bonchev–Trinajstić information content (AvgIpc) is 1.94. The van der Waals surface area contributed by atoms with Gasteiger partial charge < -0.3 is 11.1 Å². The second kappa shape index (κ2) is 3.37. The van der Waals surface area contributed by atoms with Crippen molar-refractivity contribution >= 4 is 29.2 Å². The molecule has 0 fully saturated rings. The summed E-state index contributed by atoms with van der Waals surface area (Å²) in [5.41, 5.74) is 4.92. The summed E-state index contributed by atoms with van der Waals surface area (Å²) in [6, 6.07) is -0.652. The van der Waals surface area contributed by atoms with Crippen molar-refractivity contribution in [2.24, 2.45) is 5.73 Å². The highest BCUT2D eigenvalue weighted by molar-refractivity contribution is 6.32. The van der Waals surface area contributed by atoms with Gasteiger partial charge in [-0.25, -0.2) is 4.79 Å². The lowest BCUT2D eigenvalue weighted by molar-refractivity contribution is 0.245. The first-order valence-electron chi connectivity index (χ1n) is 3.33. The van der Waals surface area contributed by atoms with Gasteiger partial charge in [0.2, 0.25) is 0 Å². The normalized spacial score (nSPS) is 28.0. The van der Waals surface area contributed by atoms with E-state index in [1.54, 1.807) is 18.2 Å². The molecule has 3 nitrogen and oxygen atoms in total. The van der Waals surface area contributed by atoms with E-state index < -0.39 is 11.0 Å². The molecule has 3 N–H and O–H groups in total. The van der Waals surface area contributed by atoms with E-state index in [4.69, 9.17) is 28.9 Å². The Balaban J connectivity index is 2.65. The van der Waals surface area contributed by atoms with Gasteiger partial charge in [0.05, 0.1) is 0 Å². The molecule has 0 aliphatic heterocycles. The van der Waals surface area contributed by atoms with E-state index in [0.717, 1.165) is 0 Å². The third kappa shape index (κ3) is 2.43. The number of halogens is 2. The lowest BCUT2D eigenvalue weighted by atomic mass is 10.1. The molecule has 0 spiro atoms. The quantitative estimate of drug-likeness (QED) is 0.498. The van der Waals surface area contributed by atoms with Crippen LogP contribution in [0.2, 0.25) is 0 Å². The van der Waals surface area contributed by atoms with Crippen LogP contribution in [0.25, 0.3) is 0 Å². The van der Waals surface area contributed by atoms with E-state index in [0.29, 0.717) is 11.5 Å². The number of nitrogens with two attached hydrogens (primary N) is 1. The Kier molecular flexibility index (Phi) is 2.65. The number of urea groups is 1. The highest BCUT2D eigenvalue weighted by Crippen LogP contribution is 2.26. The van der Waals surface area contributed by atoms with Crippen molar-refractivity contribution < 1.29 is 4.79 Å². The number of allylic oxidation sites excluding steroid dienone is 2. The van der Waals surface area contributed by atoms with E-state index in [-0.39, 0.29) is 0 Å². The predicted octanol–water partition coefficient (Wildman–Crippen LogP) is 1.67. The molecule has 0 aromatic carbocycles. The van der Waals surface area contributed by atoms with Crippen LogP contribution in [0.1, 0.15) is 6.42 Å². The number of primary amides is 1. The van der Waals surface area contributed by atoms with Gasteiger partial charge in [0, 0.05) is 11.5 Å². The van der Waals surface area contributed by atoms with Crippen LogP contribution in [0.4, 0.5) is 4.79 Å². The fourth-order valence-electron chi connectivity index (χ4n) is 0.891. The maximum atomic E-state index is 10.5. The number of amides is 2. The molecule has 0 heterocycles. The SMILES string of the molecule is NC(=O)NC1(Cl)C=CC(Cl)=CC1. The minimum absolute atomic E-state index is 0.437. The van der Waals surface area contributed by atoms with Crippen LogP contribution in [0.5, 0.6) is 0 Å². The largest absolute Gasteiger partial charge is 0.352 e. The molecule has 0 saturated heterocycles. The van der Waals surface area contributed by atoms with Crippen molar-refractivity contribution in [3.63, 3.8) is 0 Å². The molecule has 12 heavy (non-hydrogen) atoms. The van der Waals surface area contributed by atoms with Gasteiger partial charge in [-0.15, -0.1) is 0 Å². The molecular formula is C7H8Cl2N2O. The number of alkyl halides is 1. The van der Waals surface area contributed by atoms with Gasteiger partial charge in [-0.1, -0.05) is 29.3 Å². The van der Waals surface area contributed by atoms with Crippen molar-refractivity contribution in [1.82, 2.24) is 5.32 Å². The van der Waals surface area contributed by atoms with Gasteiger partial charge in [-0.2, -0.15) is 0 Å². The minimum atomic E-state index is -0.912. The smallest absolute Gasteiger partial charge is 0.313 e. The van der Waals surface area contributed by atoms with Gasteiger partial charge in [0.25, 0.3) is 0 Å². The van der Waals surface area contributed by atoms with E-state index >= 15 is 0 Å². The molecule has 66 valence electrons. The first-order valence-corrected chi connectivity index (χ1v) is 4.09. The molecule has 0 saturated carbocycles. The second-order valence-electron chi connectivity index (χ2n) is 2.48. The van der Waals surface area contributed by atoms with Crippen molar-refractivity contribution in [2.45, 2.75) is 11.4 Å². The van der Waals surface area contributed by atoms with Crippen LogP contribution in [0, 0.1) is 0 Å². The van der Waals surface area contributed by atoms with E-state index in [9.17, 15) is 4.79 Å². The van der Waals surface area contributed by atoms with E-state index in [2.05, 4.69) is 5.32 Å². The average molecular weight is 207 g/mol. The monoisotopic (exact) mass is 206 g/mol. The summed E-state index contributed by atoms with van der Waals surface area (Å²) in [6.45, 7) is 0. The number of nitrogens with one attached hydrogen (secondary N) is 1. The van der Waals surface area contributed by atoms with Crippen LogP contribution >= 0.6 is 23.2 Å². The molecule has 1 atom stereocenters. The van der Waals surface area contributed by atoms with Crippen LogP contribution in [0.3, 0.4) is 0 Å². The van der Waals surface area contributed by atoms with Crippen molar-refractivity contribution in [3.05, 3.63) is 23.3 Å². The molecular weight excluding hydrogens is 199 g/mol. The summed E-state index contributed by atoms with van der Waals surface area (Å²) in [4.78, 5) is 9.58. The molecule has 0 radical (unpaired) electrons. The highest BCUT2D eigenvalue weighted by Gasteiger charge is 2.25. The Morgan fingerprint density at radius 3 is 2.83 bits per heavy atom. The maximum absolute atomic E-state index is 10.5. The number of hydrogen-bond donors (Lipinski definition) is 2. The van der Waals surface area contributed by atoms with Crippen LogP contribution < -0.4 is 11.1 Å². The Bertz CT molecular complexity index is 262. The number of carbonyl (C=O) groups is 1. The fourth-order valence-corrected chi connectivity index (χ4v) is 1.26. The zero-order valence-electron chi connectivity index (χ0n) is 6.18. The van der Waals surface area contributed by atoms with Gasteiger partial charge in [-0.3, -0.25) is 0 Å². The zero-order valence-corrected chi connectivity index (χ0v) is 7.69. The second-order valence-corrected chi connectivity index (χ2v) is 3.59. The summed E-state index contributed by atoms with van der Waals surface area (Å²) < 4.78 is 0. The van der Waals surface area contributed by atoms with Crippen molar-refractivity contribution in [1.29, 1.82) is 0 Å². The summed E-state index contributed by atoms with van der Waals surface area (Å²) in [6.07, 6.45) is 5.37. The molecule has 1 rings (SSSR count). The van der Waals surface area contributed by atoms with Crippen molar-refractivity contribution in [3.8, 4) is 0 Å². The molecule has 1 aliphatic rings. The lowest BCUT2D eigenvalue weighted by Crippen LogP contribution is -2.45. The van der Waals surface area contributed by atoms with Crippen LogP contribution in [-0.4, -0.2) is 11.0 Å². The van der Waals surface area contributed by atoms with Crippen LogP contribution in [-0.2, 0) is 0 Å². The number of hydrogen-bond acceptors (Lipinski definition) is 1. The van der Waals surface area contributed by atoms with Gasteiger partial charge in [-0.05, 0) is 12.2 Å². The Morgan fingerprint density at radius 1 is 1.75 bits per heavy atom. The first-order chi connectivity index (χ1) is 5.52. The number of rotatable bonds is 1. The third-order valence-electron chi connectivity index (χ3n) is 1.43. The van der Waals surface area contributed by atoms with Gasteiger partial charge in [0.15, 0.2) is 0 Å². The Morgan fingerprint density at radius 2 is 2.42 bits per heavy atom. The molecule has 0 aromatic rings. The third-order valence-corrected chi connectivity index (χ3v) is 2.09. The highest BCUT2D eigenvalue weighted by atomic mass is 35.5. The minimum Gasteiger partial charge on any atom is -0.352 e. The molecule has 0 bridgehead atoms. The molecule has 1 unspecified atom stereocenters. The molecule has 5 heteroatoms. The summed E-state index contributed by atoms with van der Waals surface area (Å²) in [5.74, 6) is 0. The summed E-state index contributed by atoms with van der Waals surface area (Å²) in [7, 11) is 0. The first kappa shape index (κ1) is 9.42. The standard InChI is InChI=1S/C7H8Cl2N2O/c8-5-1-3-7(9,4-2-5)11-6(10)12/h1-3H,4H2,(H3,10,11,12). The van der Waals surface area contributed by atoms with Gasteiger partial charge in [0.1, 0.15) is 5.00 Å². The van der Waals surface area contributed by atoms with Gasteiger partial charge >= 0.3 is 6.03 Å². The van der Waals surface area contributed by atoms with Crippen LogP contribution in [0.15, 0.2) is 23.3 Å². The zero-order chi connectivity index (χ0) is 9.19. The lowest BCUT2D eigenvalue weighted by Gasteiger charge is -2.24.